The van der Waals surface area contributed by atoms with E-state index in [9.17, 15) is 0 Å². The first kappa shape index (κ1) is 14.5. The van der Waals surface area contributed by atoms with Crippen LogP contribution in [0.15, 0.2) is 29.4 Å². The van der Waals surface area contributed by atoms with Gasteiger partial charge in [0.15, 0.2) is 0 Å². The van der Waals surface area contributed by atoms with E-state index in [1.165, 1.54) is 11.1 Å². The molecule has 3 N–H and O–H groups in total. The minimum Gasteiger partial charge on any atom is -0.409 e. The Labute approximate surface area is 109 Å². The summed E-state index contributed by atoms with van der Waals surface area (Å²) in [6.45, 7) is 5.09. The summed E-state index contributed by atoms with van der Waals surface area (Å²) >= 11 is 0. The van der Waals surface area contributed by atoms with E-state index in [1.807, 2.05) is 7.05 Å². The molecule has 0 heterocycles. The molecule has 1 unspecified atom stereocenters. The molecule has 0 radical (unpaired) electrons. The van der Waals surface area contributed by atoms with Gasteiger partial charge in [0.1, 0.15) is 5.84 Å². The van der Waals surface area contributed by atoms with Gasteiger partial charge in [-0.05, 0) is 31.5 Å². The third-order valence-electron chi connectivity index (χ3n) is 3.25. The van der Waals surface area contributed by atoms with Crippen molar-refractivity contribution in [3.05, 3.63) is 35.4 Å². The molecule has 0 fully saturated rings. The zero-order valence-electron chi connectivity index (χ0n) is 11.4. The number of hydrogen-bond acceptors (Lipinski definition) is 3. The Kier molecular flexibility index (Phi) is 5.65. The summed E-state index contributed by atoms with van der Waals surface area (Å²) in [5, 5.41) is 11.6. The molecule has 0 aliphatic heterocycles. The van der Waals surface area contributed by atoms with E-state index in [4.69, 9.17) is 10.9 Å². The van der Waals surface area contributed by atoms with E-state index in [-0.39, 0.29) is 11.9 Å². The Morgan fingerprint density at radius 1 is 1.33 bits per heavy atom. The van der Waals surface area contributed by atoms with Gasteiger partial charge in [-0.1, -0.05) is 36.3 Å². The molecule has 0 saturated carbocycles. The molecule has 0 saturated heterocycles. The third kappa shape index (κ3) is 4.37. The molecule has 4 heteroatoms. The van der Waals surface area contributed by atoms with Gasteiger partial charge < -0.3 is 10.9 Å². The Hall–Kier alpha value is -1.55. The van der Waals surface area contributed by atoms with Gasteiger partial charge in [-0.3, -0.25) is 4.90 Å². The van der Waals surface area contributed by atoms with E-state index < -0.39 is 0 Å². The topological polar surface area (TPSA) is 61.8 Å². The molecule has 18 heavy (non-hydrogen) atoms. The fourth-order valence-electron chi connectivity index (χ4n) is 1.82. The smallest absolute Gasteiger partial charge is 0.140 e. The van der Waals surface area contributed by atoms with Gasteiger partial charge in [-0.2, -0.15) is 0 Å². The van der Waals surface area contributed by atoms with Gasteiger partial charge >= 0.3 is 0 Å². The molecule has 1 rings (SSSR count). The fourth-order valence-corrected chi connectivity index (χ4v) is 1.82. The van der Waals surface area contributed by atoms with Crippen molar-refractivity contribution < 1.29 is 5.21 Å². The highest BCUT2D eigenvalue weighted by atomic mass is 16.4. The van der Waals surface area contributed by atoms with Crippen molar-refractivity contribution in [3.63, 3.8) is 0 Å². The zero-order chi connectivity index (χ0) is 13.5. The summed E-state index contributed by atoms with van der Waals surface area (Å²) < 4.78 is 0. The number of nitrogens with zero attached hydrogens (tertiary/aromatic N) is 2. The second kappa shape index (κ2) is 7.01. The molecular weight excluding hydrogens is 226 g/mol. The highest BCUT2D eigenvalue weighted by Gasteiger charge is 2.11. The second-order valence-electron chi connectivity index (χ2n) is 4.73. The van der Waals surface area contributed by atoms with Crippen LogP contribution in [0.25, 0.3) is 0 Å². The first-order valence-electron chi connectivity index (χ1n) is 6.31. The summed E-state index contributed by atoms with van der Waals surface area (Å²) in [6.07, 6.45) is 1.63. The maximum atomic E-state index is 8.56. The predicted octanol–water partition coefficient (Wildman–Crippen LogP) is 2.21. The monoisotopic (exact) mass is 249 g/mol. The quantitative estimate of drug-likeness (QED) is 0.352. The van der Waals surface area contributed by atoms with Gasteiger partial charge in [0.25, 0.3) is 0 Å². The van der Waals surface area contributed by atoms with Crippen LogP contribution in [0.1, 0.15) is 31.4 Å². The lowest BCUT2D eigenvalue weighted by Crippen LogP contribution is -2.32. The van der Waals surface area contributed by atoms with Gasteiger partial charge in [0.2, 0.25) is 0 Å². The van der Waals surface area contributed by atoms with E-state index in [0.29, 0.717) is 6.42 Å². The molecule has 0 bridgehead atoms. The van der Waals surface area contributed by atoms with E-state index in [1.54, 1.807) is 0 Å². The van der Waals surface area contributed by atoms with E-state index in [2.05, 4.69) is 48.2 Å². The molecule has 1 atom stereocenters. The van der Waals surface area contributed by atoms with Crippen molar-refractivity contribution >= 4 is 5.84 Å². The number of benzene rings is 1. The number of oxime groups is 1. The highest BCUT2D eigenvalue weighted by molar-refractivity contribution is 5.80. The van der Waals surface area contributed by atoms with Crippen LogP contribution in [0, 0.1) is 0 Å². The Morgan fingerprint density at radius 3 is 2.39 bits per heavy atom. The summed E-state index contributed by atoms with van der Waals surface area (Å²) in [5.41, 5.74) is 8.15. The number of rotatable bonds is 6. The van der Waals surface area contributed by atoms with Crippen molar-refractivity contribution in [2.75, 3.05) is 7.05 Å². The summed E-state index contributed by atoms with van der Waals surface area (Å²) in [6, 6.07) is 8.89. The van der Waals surface area contributed by atoms with Crippen LogP contribution in [0.2, 0.25) is 0 Å². The average Bonchev–Trinajstić information content (AvgIpc) is 2.39. The van der Waals surface area contributed by atoms with Crippen LogP contribution in [-0.2, 0) is 13.0 Å². The molecule has 100 valence electrons. The number of nitrogens with two attached hydrogens (primary N) is 1. The molecule has 1 aromatic carbocycles. The van der Waals surface area contributed by atoms with Gasteiger partial charge in [0.05, 0.1) is 0 Å². The number of hydrogen-bond donors (Lipinski definition) is 2. The van der Waals surface area contributed by atoms with Crippen LogP contribution >= 0.6 is 0 Å². The van der Waals surface area contributed by atoms with Crippen LogP contribution in [0.3, 0.4) is 0 Å². The Bertz CT molecular complexity index is 387. The number of amidine groups is 1. The lowest BCUT2D eigenvalue weighted by molar-refractivity contribution is 0.251. The lowest BCUT2D eigenvalue weighted by Gasteiger charge is -2.24. The van der Waals surface area contributed by atoms with Crippen LogP contribution < -0.4 is 5.73 Å². The van der Waals surface area contributed by atoms with E-state index in [0.717, 1.165) is 13.0 Å². The first-order valence-corrected chi connectivity index (χ1v) is 6.31. The minimum atomic E-state index is 0.242. The van der Waals surface area contributed by atoms with Crippen LogP contribution in [0.5, 0.6) is 0 Å². The van der Waals surface area contributed by atoms with Gasteiger partial charge in [-0.15, -0.1) is 0 Å². The molecule has 0 amide bonds. The van der Waals surface area contributed by atoms with Crippen molar-refractivity contribution in [2.45, 2.75) is 39.3 Å². The molecule has 0 spiro atoms. The zero-order valence-corrected chi connectivity index (χ0v) is 11.4. The molecule has 0 aliphatic carbocycles. The summed E-state index contributed by atoms with van der Waals surface area (Å²) in [7, 11) is 2.04. The molecule has 0 aliphatic rings. The molecule has 0 aromatic heterocycles. The normalized spacial score (nSPS) is 13.9. The predicted molar refractivity (Wildman–Crippen MR) is 74.8 cm³/mol. The maximum Gasteiger partial charge on any atom is 0.140 e. The van der Waals surface area contributed by atoms with Crippen molar-refractivity contribution in [1.29, 1.82) is 0 Å². The standard InChI is InChI=1S/C14H23N3O/c1-4-12-5-7-13(8-6-12)10-17(3)11(2)9-14(15)16-18/h5-8,11,18H,4,9-10H2,1-3H3,(H2,15,16). The largest absolute Gasteiger partial charge is 0.409 e. The van der Waals surface area contributed by atoms with Crippen molar-refractivity contribution in [3.8, 4) is 0 Å². The average molecular weight is 249 g/mol. The second-order valence-corrected chi connectivity index (χ2v) is 4.73. The third-order valence-corrected chi connectivity index (χ3v) is 3.25. The lowest BCUT2D eigenvalue weighted by atomic mass is 10.1. The first-order chi connectivity index (χ1) is 8.56. The summed E-state index contributed by atoms with van der Waals surface area (Å²) in [5.74, 6) is 0.274. The van der Waals surface area contributed by atoms with Crippen LogP contribution in [0.4, 0.5) is 0 Å². The molecule has 4 nitrogen and oxygen atoms in total. The highest BCUT2D eigenvalue weighted by Crippen LogP contribution is 2.10. The SMILES string of the molecule is CCc1ccc(CN(C)C(C)CC(N)=NO)cc1. The minimum absolute atomic E-state index is 0.242. The van der Waals surface area contributed by atoms with Crippen molar-refractivity contribution in [1.82, 2.24) is 4.90 Å². The Morgan fingerprint density at radius 2 is 1.89 bits per heavy atom. The van der Waals surface area contributed by atoms with Gasteiger partial charge in [0, 0.05) is 19.0 Å². The summed E-state index contributed by atoms with van der Waals surface area (Å²) in [4.78, 5) is 2.19. The van der Waals surface area contributed by atoms with Gasteiger partial charge in [-0.25, -0.2) is 0 Å². The maximum absolute atomic E-state index is 8.56. The molecular formula is C14H23N3O. The fraction of sp³-hybridized carbons (Fsp3) is 0.500. The Balaban J connectivity index is 2.54. The number of aryl methyl sites for hydroxylation is 1. The van der Waals surface area contributed by atoms with Crippen LogP contribution in [-0.4, -0.2) is 29.0 Å². The molecule has 1 aromatic rings. The van der Waals surface area contributed by atoms with E-state index >= 15 is 0 Å². The van der Waals surface area contributed by atoms with Crippen molar-refractivity contribution in [2.24, 2.45) is 10.9 Å².